The van der Waals surface area contributed by atoms with Crippen LogP contribution in [0.4, 0.5) is 0 Å². The Balaban J connectivity index is 1.75. The first-order valence-corrected chi connectivity index (χ1v) is 8.02. The average molecular weight is 343 g/mol. The number of hydrogen-bond donors (Lipinski definition) is 0. The van der Waals surface area contributed by atoms with E-state index in [-0.39, 0.29) is 0 Å². The fourth-order valence-corrected chi connectivity index (χ4v) is 3.10. The Labute approximate surface area is 135 Å². The molecule has 0 amide bonds. The van der Waals surface area contributed by atoms with Crippen molar-refractivity contribution in [2.75, 3.05) is 0 Å². The zero-order valence-corrected chi connectivity index (χ0v) is 13.5. The maximum Gasteiger partial charge on any atom is 0.234 e. The fourth-order valence-electron chi connectivity index (χ4n) is 1.87. The number of nitrogens with zero attached hydrogens (tertiary/aromatic N) is 4. The molecule has 1 aromatic carbocycles. The van der Waals surface area contributed by atoms with E-state index in [9.17, 15) is 0 Å². The van der Waals surface area contributed by atoms with Gasteiger partial charge in [-0.3, -0.25) is 0 Å². The lowest BCUT2D eigenvalue weighted by molar-refractivity contribution is 0.304. The molecule has 0 saturated heterocycles. The highest BCUT2D eigenvalue weighted by Crippen LogP contribution is 2.28. The second kappa shape index (κ2) is 6.17. The summed E-state index contributed by atoms with van der Waals surface area (Å²) in [5.41, 5.74) is 0. The Morgan fingerprint density at radius 3 is 2.90 bits per heavy atom. The Morgan fingerprint density at radius 2 is 2.14 bits per heavy atom. The van der Waals surface area contributed by atoms with Crippen LogP contribution in [0.5, 0.6) is 5.75 Å². The van der Waals surface area contributed by atoms with Crippen molar-refractivity contribution in [2.24, 2.45) is 0 Å². The second-order valence-electron chi connectivity index (χ2n) is 4.42. The van der Waals surface area contributed by atoms with E-state index in [0.29, 0.717) is 22.4 Å². The van der Waals surface area contributed by atoms with Gasteiger partial charge in [0.2, 0.25) is 4.96 Å². The summed E-state index contributed by atoms with van der Waals surface area (Å²) in [6, 6.07) is 5.13. The largest absolute Gasteiger partial charge is 0.485 e. The van der Waals surface area contributed by atoms with Crippen molar-refractivity contribution in [3.63, 3.8) is 0 Å². The van der Waals surface area contributed by atoms with Gasteiger partial charge in [0, 0.05) is 11.4 Å². The normalized spacial score (nSPS) is 11.2. The van der Waals surface area contributed by atoms with Gasteiger partial charge in [-0.05, 0) is 24.6 Å². The molecule has 3 aromatic rings. The van der Waals surface area contributed by atoms with Crippen LogP contribution in [-0.2, 0) is 13.0 Å². The standard InChI is InChI=1S/C13H12Cl2N4OS/c1-2-3-11-16-17-13-19(11)18-12(21-13)7-20-10-5-4-8(14)6-9(10)15/h4-6H,2-3,7H2,1H3. The number of aryl methyl sites for hydroxylation is 1. The van der Waals surface area contributed by atoms with E-state index in [1.807, 2.05) is 0 Å². The van der Waals surface area contributed by atoms with Crippen LogP contribution in [0, 0.1) is 0 Å². The van der Waals surface area contributed by atoms with Gasteiger partial charge in [-0.1, -0.05) is 41.5 Å². The molecule has 3 rings (SSSR count). The molecule has 0 aliphatic heterocycles. The van der Waals surface area contributed by atoms with Crippen LogP contribution < -0.4 is 4.74 Å². The van der Waals surface area contributed by atoms with Crippen LogP contribution >= 0.6 is 34.5 Å². The predicted octanol–water partition coefficient (Wildman–Crippen LogP) is 4.02. The van der Waals surface area contributed by atoms with Crippen molar-refractivity contribution in [1.82, 2.24) is 19.8 Å². The summed E-state index contributed by atoms with van der Waals surface area (Å²) in [6.07, 6.45) is 1.86. The number of fused-ring (bicyclic) bond motifs is 1. The minimum absolute atomic E-state index is 0.334. The van der Waals surface area contributed by atoms with E-state index in [1.54, 1.807) is 22.7 Å². The molecule has 8 heteroatoms. The van der Waals surface area contributed by atoms with E-state index < -0.39 is 0 Å². The summed E-state index contributed by atoms with van der Waals surface area (Å²) in [4.78, 5) is 0.777. The zero-order valence-electron chi connectivity index (χ0n) is 11.2. The van der Waals surface area contributed by atoms with Crippen LogP contribution in [0.15, 0.2) is 18.2 Å². The van der Waals surface area contributed by atoms with Gasteiger partial charge in [0.15, 0.2) is 10.8 Å². The molecule has 21 heavy (non-hydrogen) atoms. The molecule has 0 aliphatic rings. The molecule has 5 nitrogen and oxygen atoms in total. The maximum absolute atomic E-state index is 6.07. The third-order valence-electron chi connectivity index (χ3n) is 2.82. The van der Waals surface area contributed by atoms with Gasteiger partial charge in [-0.15, -0.1) is 10.2 Å². The molecule has 0 N–H and O–H groups in total. The summed E-state index contributed by atoms with van der Waals surface area (Å²) >= 11 is 13.4. The number of benzene rings is 1. The van der Waals surface area contributed by atoms with Crippen molar-refractivity contribution in [3.05, 3.63) is 39.1 Å². The highest BCUT2D eigenvalue weighted by atomic mass is 35.5. The number of ether oxygens (including phenoxy) is 1. The lowest BCUT2D eigenvalue weighted by atomic mass is 10.3. The van der Waals surface area contributed by atoms with E-state index in [1.165, 1.54) is 11.3 Å². The number of hydrogen-bond acceptors (Lipinski definition) is 5. The monoisotopic (exact) mass is 342 g/mol. The van der Waals surface area contributed by atoms with Gasteiger partial charge >= 0.3 is 0 Å². The zero-order chi connectivity index (χ0) is 14.8. The van der Waals surface area contributed by atoms with Gasteiger partial charge in [-0.2, -0.15) is 9.61 Å². The maximum atomic E-state index is 6.07. The third kappa shape index (κ3) is 3.12. The van der Waals surface area contributed by atoms with Gasteiger partial charge in [-0.25, -0.2) is 0 Å². The molecule has 0 bridgehead atoms. The molecule has 0 radical (unpaired) electrons. The lowest BCUT2D eigenvalue weighted by Gasteiger charge is -2.05. The average Bonchev–Trinajstić information content (AvgIpc) is 3.00. The first kappa shape index (κ1) is 14.6. The molecule has 110 valence electrons. The van der Waals surface area contributed by atoms with Crippen LogP contribution in [0.1, 0.15) is 24.2 Å². The molecule has 0 atom stereocenters. The number of rotatable bonds is 5. The third-order valence-corrected chi connectivity index (χ3v) is 4.22. The lowest BCUT2D eigenvalue weighted by Crippen LogP contribution is -1.99. The summed E-state index contributed by atoms with van der Waals surface area (Å²) in [5, 5.41) is 14.6. The van der Waals surface area contributed by atoms with Gasteiger partial charge in [0.05, 0.1) is 5.02 Å². The summed E-state index contributed by atoms with van der Waals surface area (Å²) in [7, 11) is 0. The Hall–Kier alpha value is -1.37. The Morgan fingerprint density at radius 1 is 1.29 bits per heavy atom. The number of halogens is 2. The minimum atomic E-state index is 0.334. The second-order valence-corrected chi connectivity index (χ2v) is 6.30. The molecular formula is C13H12Cl2N4OS. The van der Waals surface area contributed by atoms with Crippen molar-refractivity contribution in [1.29, 1.82) is 0 Å². The van der Waals surface area contributed by atoms with Crippen LogP contribution in [-0.4, -0.2) is 19.8 Å². The van der Waals surface area contributed by atoms with Crippen molar-refractivity contribution < 1.29 is 4.74 Å². The molecular weight excluding hydrogens is 331 g/mol. The first-order chi connectivity index (χ1) is 10.2. The van der Waals surface area contributed by atoms with E-state index in [0.717, 1.165) is 28.6 Å². The first-order valence-electron chi connectivity index (χ1n) is 6.45. The molecule has 0 spiro atoms. The highest BCUT2D eigenvalue weighted by molar-refractivity contribution is 7.16. The molecule has 2 aromatic heterocycles. The van der Waals surface area contributed by atoms with Crippen LogP contribution in [0.3, 0.4) is 0 Å². The van der Waals surface area contributed by atoms with Crippen molar-refractivity contribution in [3.8, 4) is 5.75 Å². The Kier molecular flexibility index (Phi) is 4.28. The molecule has 0 saturated carbocycles. The summed E-state index contributed by atoms with van der Waals surface area (Å²) in [6.45, 7) is 2.43. The SMILES string of the molecule is CCCc1nnc2sc(COc3ccc(Cl)cc3Cl)nn12. The van der Waals surface area contributed by atoms with Crippen molar-refractivity contribution >= 4 is 39.5 Å². The van der Waals surface area contributed by atoms with Gasteiger partial charge in [0.1, 0.15) is 12.4 Å². The van der Waals surface area contributed by atoms with Crippen molar-refractivity contribution in [2.45, 2.75) is 26.4 Å². The quantitative estimate of drug-likeness (QED) is 0.702. The topological polar surface area (TPSA) is 52.3 Å². The van der Waals surface area contributed by atoms with Crippen LogP contribution in [0.2, 0.25) is 10.0 Å². The molecule has 0 fully saturated rings. The summed E-state index contributed by atoms with van der Waals surface area (Å²) < 4.78 is 7.45. The van der Waals surface area contributed by atoms with Crippen LogP contribution in [0.25, 0.3) is 4.96 Å². The van der Waals surface area contributed by atoms with E-state index in [2.05, 4.69) is 22.2 Å². The van der Waals surface area contributed by atoms with Gasteiger partial charge < -0.3 is 4.74 Å². The fraction of sp³-hybridized carbons (Fsp3) is 0.308. The summed E-state index contributed by atoms with van der Waals surface area (Å²) in [5.74, 6) is 1.46. The molecule has 0 aliphatic carbocycles. The smallest absolute Gasteiger partial charge is 0.234 e. The van der Waals surface area contributed by atoms with E-state index >= 15 is 0 Å². The molecule has 2 heterocycles. The number of aromatic nitrogens is 4. The molecule has 0 unspecified atom stereocenters. The Bertz CT molecular complexity index is 771. The van der Waals surface area contributed by atoms with E-state index in [4.69, 9.17) is 27.9 Å². The predicted molar refractivity (Wildman–Crippen MR) is 83.4 cm³/mol. The minimum Gasteiger partial charge on any atom is -0.485 e. The van der Waals surface area contributed by atoms with Gasteiger partial charge in [0.25, 0.3) is 0 Å². The highest BCUT2D eigenvalue weighted by Gasteiger charge is 2.12.